The molecular formula is C18H28Cl2N2. The lowest BCUT2D eigenvalue weighted by atomic mass is 9.43. The van der Waals surface area contributed by atoms with Crippen molar-refractivity contribution in [3.05, 3.63) is 30.1 Å². The summed E-state index contributed by atoms with van der Waals surface area (Å²) in [6.45, 7) is 6.08. The Morgan fingerprint density at radius 2 is 1.59 bits per heavy atom. The van der Waals surface area contributed by atoms with Crippen molar-refractivity contribution in [2.45, 2.75) is 64.5 Å². The van der Waals surface area contributed by atoms with Crippen molar-refractivity contribution in [2.75, 3.05) is 0 Å². The van der Waals surface area contributed by atoms with Gasteiger partial charge in [0, 0.05) is 24.5 Å². The fourth-order valence-electron chi connectivity index (χ4n) is 6.44. The molecule has 0 radical (unpaired) electrons. The second-order valence-corrected chi connectivity index (χ2v) is 8.62. The van der Waals surface area contributed by atoms with Gasteiger partial charge in [-0.15, -0.1) is 24.8 Å². The SMILES string of the molecule is CC12CC3CC(C)(C1)CC(NCc1ccncc1)(C3)C2.Cl.Cl. The molecule has 1 heterocycles. The number of nitrogens with zero attached hydrogens (tertiary/aromatic N) is 1. The quantitative estimate of drug-likeness (QED) is 0.856. The van der Waals surface area contributed by atoms with E-state index in [4.69, 9.17) is 0 Å². The Morgan fingerprint density at radius 1 is 1.00 bits per heavy atom. The Labute approximate surface area is 146 Å². The van der Waals surface area contributed by atoms with E-state index in [1.165, 1.54) is 44.1 Å². The van der Waals surface area contributed by atoms with Crippen molar-refractivity contribution >= 4 is 24.8 Å². The fraction of sp³-hybridized carbons (Fsp3) is 0.722. The van der Waals surface area contributed by atoms with Crippen LogP contribution in [0.3, 0.4) is 0 Å². The van der Waals surface area contributed by atoms with Gasteiger partial charge in [0.25, 0.3) is 0 Å². The van der Waals surface area contributed by atoms with Gasteiger partial charge in [0.1, 0.15) is 0 Å². The first kappa shape index (κ1) is 18.0. The Hall–Kier alpha value is -0.310. The average Bonchev–Trinajstić information content (AvgIpc) is 2.33. The Balaban J connectivity index is 0.000000882. The summed E-state index contributed by atoms with van der Waals surface area (Å²) in [6, 6.07) is 4.27. The van der Waals surface area contributed by atoms with Gasteiger partial charge >= 0.3 is 0 Å². The van der Waals surface area contributed by atoms with E-state index >= 15 is 0 Å². The zero-order valence-corrected chi connectivity index (χ0v) is 15.2. The third-order valence-corrected chi connectivity index (χ3v) is 6.04. The van der Waals surface area contributed by atoms with Crippen LogP contribution in [-0.4, -0.2) is 10.5 Å². The van der Waals surface area contributed by atoms with Crippen LogP contribution in [0, 0.1) is 16.7 Å². The van der Waals surface area contributed by atoms with Crippen LogP contribution in [-0.2, 0) is 6.54 Å². The van der Waals surface area contributed by atoms with E-state index in [9.17, 15) is 0 Å². The highest BCUT2D eigenvalue weighted by Crippen LogP contribution is 2.66. The van der Waals surface area contributed by atoms with Crippen LogP contribution < -0.4 is 5.32 Å². The highest BCUT2D eigenvalue weighted by Gasteiger charge is 2.59. The Bertz CT molecular complexity index is 501. The Kier molecular flexibility index (Phi) is 4.88. The molecule has 4 aliphatic rings. The standard InChI is InChI=1S/C18H26N2.2ClH/c1-16-7-15-8-17(2,11-16)13-18(9-15,12-16)20-10-14-3-5-19-6-4-14;;/h3-6,15,20H,7-13H2,1-2H3;2*1H. The van der Waals surface area contributed by atoms with Crippen molar-refractivity contribution in [2.24, 2.45) is 16.7 Å². The molecule has 4 fully saturated rings. The van der Waals surface area contributed by atoms with Gasteiger partial charge in [0.05, 0.1) is 0 Å². The normalized spacial score (nSPS) is 41.6. The van der Waals surface area contributed by atoms with Gasteiger partial charge in [-0.3, -0.25) is 4.98 Å². The molecule has 22 heavy (non-hydrogen) atoms. The minimum absolute atomic E-state index is 0. The molecule has 1 aromatic heterocycles. The van der Waals surface area contributed by atoms with Crippen LogP contribution in [0.1, 0.15) is 57.9 Å². The molecule has 4 saturated carbocycles. The fourth-order valence-corrected chi connectivity index (χ4v) is 6.44. The molecule has 0 aliphatic heterocycles. The molecule has 0 amide bonds. The maximum Gasteiger partial charge on any atom is 0.0271 e. The van der Waals surface area contributed by atoms with E-state index < -0.39 is 0 Å². The summed E-state index contributed by atoms with van der Waals surface area (Å²) >= 11 is 0. The molecular weight excluding hydrogens is 315 g/mol. The third-order valence-electron chi connectivity index (χ3n) is 6.04. The van der Waals surface area contributed by atoms with Crippen molar-refractivity contribution in [3.8, 4) is 0 Å². The molecule has 2 atom stereocenters. The smallest absolute Gasteiger partial charge is 0.0271 e. The summed E-state index contributed by atoms with van der Waals surface area (Å²) in [7, 11) is 0. The molecule has 124 valence electrons. The van der Waals surface area contributed by atoms with Crippen molar-refractivity contribution in [1.29, 1.82) is 0 Å². The van der Waals surface area contributed by atoms with Crippen LogP contribution in [0.15, 0.2) is 24.5 Å². The summed E-state index contributed by atoms with van der Waals surface area (Å²) in [6.07, 6.45) is 12.4. The second-order valence-electron chi connectivity index (χ2n) is 8.62. The minimum Gasteiger partial charge on any atom is -0.307 e. The number of pyridine rings is 1. The zero-order chi connectivity index (χ0) is 13.8. The van der Waals surface area contributed by atoms with E-state index in [2.05, 4.69) is 36.3 Å². The van der Waals surface area contributed by atoms with Crippen LogP contribution in [0.4, 0.5) is 0 Å². The van der Waals surface area contributed by atoms with Crippen molar-refractivity contribution in [3.63, 3.8) is 0 Å². The number of hydrogen-bond acceptors (Lipinski definition) is 2. The molecule has 5 rings (SSSR count). The number of nitrogens with one attached hydrogen (secondary N) is 1. The number of hydrogen-bond donors (Lipinski definition) is 1. The molecule has 2 unspecified atom stereocenters. The molecule has 2 nitrogen and oxygen atoms in total. The molecule has 4 aliphatic carbocycles. The van der Waals surface area contributed by atoms with E-state index in [0.29, 0.717) is 16.4 Å². The molecule has 4 heteroatoms. The molecule has 0 saturated heterocycles. The van der Waals surface area contributed by atoms with Crippen molar-refractivity contribution < 1.29 is 0 Å². The molecule has 1 N–H and O–H groups in total. The van der Waals surface area contributed by atoms with E-state index in [-0.39, 0.29) is 24.8 Å². The first-order chi connectivity index (χ1) is 9.49. The lowest BCUT2D eigenvalue weighted by Gasteiger charge is -2.65. The molecule has 0 spiro atoms. The predicted octanol–water partition coefficient (Wildman–Crippen LogP) is 4.76. The lowest BCUT2D eigenvalue weighted by molar-refractivity contribution is -0.118. The summed E-state index contributed by atoms with van der Waals surface area (Å²) in [5.74, 6) is 0.964. The number of rotatable bonds is 3. The molecule has 1 aromatic rings. The Morgan fingerprint density at radius 3 is 2.14 bits per heavy atom. The molecule has 4 bridgehead atoms. The first-order valence-electron chi connectivity index (χ1n) is 8.12. The highest BCUT2D eigenvalue weighted by molar-refractivity contribution is 5.85. The lowest BCUT2D eigenvalue weighted by Crippen LogP contribution is -2.63. The molecule has 0 aromatic carbocycles. The minimum atomic E-state index is 0. The van der Waals surface area contributed by atoms with Gasteiger partial charge in [-0.25, -0.2) is 0 Å². The van der Waals surface area contributed by atoms with E-state index in [1.54, 1.807) is 0 Å². The summed E-state index contributed by atoms with van der Waals surface area (Å²) in [5.41, 5.74) is 2.97. The van der Waals surface area contributed by atoms with E-state index in [0.717, 1.165) is 12.5 Å². The van der Waals surface area contributed by atoms with Gasteiger partial charge < -0.3 is 5.32 Å². The van der Waals surface area contributed by atoms with Gasteiger partial charge in [0.2, 0.25) is 0 Å². The van der Waals surface area contributed by atoms with Crippen LogP contribution in [0.2, 0.25) is 0 Å². The highest BCUT2D eigenvalue weighted by atomic mass is 35.5. The first-order valence-corrected chi connectivity index (χ1v) is 8.12. The maximum atomic E-state index is 4.11. The van der Waals surface area contributed by atoms with Crippen LogP contribution in [0.25, 0.3) is 0 Å². The zero-order valence-electron chi connectivity index (χ0n) is 13.6. The summed E-state index contributed by atoms with van der Waals surface area (Å²) in [4.78, 5) is 4.11. The monoisotopic (exact) mass is 342 g/mol. The third kappa shape index (κ3) is 3.16. The topological polar surface area (TPSA) is 24.9 Å². The maximum absolute atomic E-state index is 4.11. The van der Waals surface area contributed by atoms with Crippen molar-refractivity contribution in [1.82, 2.24) is 10.3 Å². The van der Waals surface area contributed by atoms with E-state index in [1.807, 2.05) is 12.4 Å². The van der Waals surface area contributed by atoms with Gasteiger partial charge in [-0.2, -0.15) is 0 Å². The average molecular weight is 343 g/mol. The predicted molar refractivity (Wildman–Crippen MR) is 95.7 cm³/mol. The summed E-state index contributed by atoms with van der Waals surface area (Å²) < 4.78 is 0. The largest absolute Gasteiger partial charge is 0.307 e. The summed E-state index contributed by atoms with van der Waals surface area (Å²) in [5, 5.41) is 3.97. The van der Waals surface area contributed by atoms with Gasteiger partial charge in [-0.1, -0.05) is 13.8 Å². The number of aromatic nitrogens is 1. The van der Waals surface area contributed by atoms with Gasteiger partial charge in [-0.05, 0) is 73.0 Å². The second kappa shape index (κ2) is 5.96. The van der Waals surface area contributed by atoms with Gasteiger partial charge in [0.15, 0.2) is 0 Å². The van der Waals surface area contributed by atoms with Crippen LogP contribution in [0.5, 0.6) is 0 Å². The van der Waals surface area contributed by atoms with Crippen LogP contribution >= 0.6 is 24.8 Å². The number of halogens is 2.